The van der Waals surface area contributed by atoms with Gasteiger partial charge in [-0.05, 0) is 37.4 Å². The van der Waals surface area contributed by atoms with Crippen LogP contribution in [0.1, 0.15) is 31.4 Å². The summed E-state index contributed by atoms with van der Waals surface area (Å²) in [4.78, 5) is 12.7. The molecule has 1 fully saturated rings. The van der Waals surface area contributed by atoms with Crippen LogP contribution in [0.15, 0.2) is 24.3 Å². The lowest BCUT2D eigenvalue weighted by Crippen LogP contribution is -2.39. The summed E-state index contributed by atoms with van der Waals surface area (Å²) in [6, 6.07) is 6.95. The molecule has 0 aromatic heterocycles. The SMILES string of the molecule is CC1CCN(C(CN)c2ccc([N+](=O)[O-])cc2)CC1. The van der Waals surface area contributed by atoms with Crippen molar-refractivity contribution in [3.63, 3.8) is 0 Å². The van der Waals surface area contributed by atoms with Crippen molar-refractivity contribution in [2.24, 2.45) is 11.7 Å². The number of nitro groups is 1. The first-order valence-corrected chi connectivity index (χ1v) is 6.80. The number of hydrogen-bond donors (Lipinski definition) is 1. The molecule has 0 saturated carbocycles. The molecule has 19 heavy (non-hydrogen) atoms. The van der Waals surface area contributed by atoms with Gasteiger partial charge in [0.1, 0.15) is 0 Å². The van der Waals surface area contributed by atoms with Gasteiger partial charge in [-0.2, -0.15) is 0 Å². The standard InChI is InChI=1S/C14H21N3O2/c1-11-6-8-16(9-7-11)14(10-15)12-2-4-13(5-3-12)17(18)19/h2-5,11,14H,6-10,15H2,1H3. The van der Waals surface area contributed by atoms with Crippen molar-refractivity contribution < 1.29 is 4.92 Å². The van der Waals surface area contributed by atoms with Gasteiger partial charge in [-0.3, -0.25) is 15.0 Å². The highest BCUT2D eigenvalue weighted by Crippen LogP contribution is 2.27. The van der Waals surface area contributed by atoms with E-state index in [1.165, 1.54) is 12.8 Å². The van der Waals surface area contributed by atoms with Gasteiger partial charge in [0, 0.05) is 24.7 Å². The molecule has 0 spiro atoms. The molecule has 5 heteroatoms. The normalized spacial score (nSPS) is 19.3. The summed E-state index contributed by atoms with van der Waals surface area (Å²) in [7, 11) is 0. The van der Waals surface area contributed by atoms with Crippen LogP contribution >= 0.6 is 0 Å². The molecule has 5 nitrogen and oxygen atoms in total. The Kier molecular flexibility index (Phi) is 4.50. The molecule has 1 aliphatic heterocycles. The molecular weight excluding hydrogens is 242 g/mol. The van der Waals surface area contributed by atoms with Gasteiger partial charge in [0.05, 0.1) is 4.92 Å². The summed E-state index contributed by atoms with van der Waals surface area (Å²) in [5.41, 5.74) is 7.10. The average Bonchev–Trinajstić information content (AvgIpc) is 2.42. The van der Waals surface area contributed by atoms with Gasteiger partial charge >= 0.3 is 0 Å². The van der Waals surface area contributed by atoms with E-state index in [-0.39, 0.29) is 16.7 Å². The molecule has 1 aromatic carbocycles. The highest BCUT2D eigenvalue weighted by atomic mass is 16.6. The Morgan fingerprint density at radius 1 is 1.37 bits per heavy atom. The van der Waals surface area contributed by atoms with Crippen molar-refractivity contribution in [1.82, 2.24) is 4.90 Å². The molecule has 1 heterocycles. The van der Waals surface area contributed by atoms with Crippen molar-refractivity contribution in [1.29, 1.82) is 0 Å². The Hall–Kier alpha value is -1.46. The van der Waals surface area contributed by atoms with Crippen molar-refractivity contribution in [2.45, 2.75) is 25.8 Å². The minimum absolute atomic E-state index is 0.131. The van der Waals surface area contributed by atoms with Crippen LogP contribution in [-0.4, -0.2) is 29.5 Å². The Labute approximate surface area is 113 Å². The molecule has 0 bridgehead atoms. The summed E-state index contributed by atoms with van der Waals surface area (Å²) in [6.07, 6.45) is 2.40. The largest absolute Gasteiger partial charge is 0.329 e. The number of nitrogens with zero attached hydrogens (tertiary/aromatic N) is 2. The third kappa shape index (κ3) is 3.30. The number of hydrogen-bond acceptors (Lipinski definition) is 4. The summed E-state index contributed by atoms with van der Waals surface area (Å²) < 4.78 is 0. The fraction of sp³-hybridized carbons (Fsp3) is 0.571. The fourth-order valence-corrected chi connectivity index (χ4v) is 2.65. The number of likely N-dealkylation sites (tertiary alicyclic amines) is 1. The highest BCUT2D eigenvalue weighted by Gasteiger charge is 2.23. The topological polar surface area (TPSA) is 72.4 Å². The minimum atomic E-state index is -0.371. The lowest BCUT2D eigenvalue weighted by atomic mass is 9.96. The van der Waals surface area contributed by atoms with Crippen LogP contribution in [0.4, 0.5) is 5.69 Å². The molecule has 0 amide bonds. The Bertz CT molecular complexity index is 425. The molecule has 1 saturated heterocycles. The Morgan fingerprint density at radius 3 is 2.42 bits per heavy atom. The smallest absolute Gasteiger partial charge is 0.269 e. The number of nitrogens with two attached hydrogens (primary N) is 1. The first-order chi connectivity index (χ1) is 9.11. The van der Waals surface area contributed by atoms with E-state index < -0.39 is 0 Å². The monoisotopic (exact) mass is 263 g/mol. The number of non-ortho nitro benzene ring substituents is 1. The van der Waals surface area contributed by atoms with Crippen LogP contribution in [0, 0.1) is 16.0 Å². The van der Waals surface area contributed by atoms with E-state index in [2.05, 4.69) is 11.8 Å². The van der Waals surface area contributed by atoms with Crippen LogP contribution in [0.3, 0.4) is 0 Å². The maximum atomic E-state index is 10.7. The van der Waals surface area contributed by atoms with Crippen LogP contribution in [0.2, 0.25) is 0 Å². The van der Waals surface area contributed by atoms with Gasteiger partial charge in [-0.25, -0.2) is 0 Å². The van der Waals surface area contributed by atoms with Crippen molar-refractivity contribution >= 4 is 5.69 Å². The van der Waals surface area contributed by atoms with E-state index >= 15 is 0 Å². The molecule has 0 radical (unpaired) electrons. The van der Waals surface area contributed by atoms with Crippen LogP contribution < -0.4 is 5.73 Å². The summed E-state index contributed by atoms with van der Waals surface area (Å²) in [5, 5.41) is 10.7. The Morgan fingerprint density at radius 2 is 1.95 bits per heavy atom. The first kappa shape index (κ1) is 14.0. The summed E-state index contributed by atoms with van der Waals surface area (Å²) >= 11 is 0. The molecule has 2 N–H and O–H groups in total. The number of piperidine rings is 1. The molecule has 2 rings (SSSR count). The van der Waals surface area contributed by atoms with E-state index in [1.807, 2.05) is 12.1 Å². The molecule has 1 aliphatic rings. The van der Waals surface area contributed by atoms with E-state index in [4.69, 9.17) is 5.73 Å². The van der Waals surface area contributed by atoms with Crippen molar-refractivity contribution in [3.05, 3.63) is 39.9 Å². The van der Waals surface area contributed by atoms with Gasteiger partial charge in [0.15, 0.2) is 0 Å². The van der Waals surface area contributed by atoms with Crippen LogP contribution in [0.5, 0.6) is 0 Å². The molecule has 1 atom stereocenters. The van der Waals surface area contributed by atoms with Gasteiger partial charge < -0.3 is 5.73 Å². The predicted molar refractivity (Wildman–Crippen MR) is 74.9 cm³/mol. The van der Waals surface area contributed by atoms with E-state index in [0.29, 0.717) is 6.54 Å². The van der Waals surface area contributed by atoms with Gasteiger partial charge in [0.25, 0.3) is 5.69 Å². The molecule has 104 valence electrons. The predicted octanol–water partition coefficient (Wildman–Crippen LogP) is 2.33. The third-order valence-corrected chi connectivity index (χ3v) is 3.97. The molecule has 0 aliphatic carbocycles. The van der Waals surface area contributed by atoms with Crippen molar-refractivity contribution in [3.8, 4) is 0 Å². The van der Waals surface area contributed by atoms with Crippen LogP contribution in [0.25, 0.3) is 0 Å². The zero-order valence-electron chi connectivity index (χ0n) is 11.3. The van der Waals surface area contributed by atoms with Crippen LogP contribution in [-0.2, 0) is 0 Å². The Balaban J connectivity index is 2.10. The van der Waals surface area contributed by atoms with E-state index in [9.17, 15) is 10.1 Å². The first-order valence-electron chi connectivity index (χ1n) is 6.80. The molecular formula is C14H21N3O2. The number of benzene rings is 1. The minimum Gasteiger partial charge on any atom is -0.329 e. The zero-order valence-corrected chi connectivity index (χ0v) is 11.3. The second kappa shape index (κ2) is 6.12. The zero-order chi connectivity index (χ0) is 13.8. The fourth-order valence-electron chi connectivity index (χ4n) is 2.65. The third-order valence-electron chi connectivity index (χ3n) is 3.97. The maximum Gasteiger partial charge on any atom is 0.269 e. The number of rotatable bonds is 4. The number of nitro benzene ring substituents is 1. The van der Waals surface area contributed by atoms with E-state index in [1.54, 1.807) is 12.1 Å². The van der Waals surface area contributed by atoms with Gasteiger partial charge in [0.2, 0.25) is 0 Å². The quantitative estimate of drug-likeness (QED) is 0.668. The average molecular weight is 263 g/mol. The lowest BCUT2D eigenvalue weighted by molar-refractivity contribution is -0.384. The summed E-state index contributed by atoms with van der Waals surface area (Å²) in [5.74, 6) is 0.784. The second-order valence-corrected chi connectivity index (χ2v) is 5.32. The summed E-state index contributed by atoms with van der Waals surface area (Å²) in [6.45, 7) is 4.94. The van der Waals surface area contributed by atoms with Crippen molar-refractivity contribution in [2.75, 3.05) is 19.6 Å². The molecule has 1 unspecified atom stereocenters. The molecule has 1 aromatic rings. The lowest BCUT2D eigenvalue weighted by Gasteiger charge is -2.36. The van der Waals surface area contributed by atoms with Gasteiger partial charge in [-0.1, -0.05) is 19.1 Å². The highest BCUT2D eigenvalue weighted by molar-refractivity contribution is 5.34. The second-order valence-electron chi connectivity index (χ2n) is 5.32. The maximum absolute atomic E-state index is 10.7. The van der Waals surface area contributed by atoms with Gasteiger partial charge in [-0.15, -0.1) is 0 Å². The van der Waals surface area contributed by atoms with E-state index in [0.717, 1.165) is 24.6 Å².